The van der Waals surface area contributed by atoms with Crippen molar-refractivity contribution in [2.45, 2.75) is 59.0 Å². The predicted molar refractivity (Wildman–Crippen MR) is 80.4 cm³/mol. The van der Waals surface area contributed by atoms with E-state index in [-0.39, 0.29) is 0 Å². The Bertz CT molecular complexity index is 425. The van der Waals surface area contributed by atoms with Gasteiger partial charge in [-0.3, -0.25) is 4.68 Å². The maximum absolute atomic E-state index is 6.29. The molecular formula is C15H26ClN3. The Morgan fingerprint density at radius 2 is 2.05 bits per heavy atom. The van der Waals surface area contributed by atoms with Crippen LogP contribution in [0.1, 0.15) is 50.8 Å². The van der Waals surface area contributed by atoms with Crippen molar-refractivity contribution in [2.24, 2.45) is 18.9 Å². The third-order valence-corrected chi connectivity index (χ3v) is 4.96. The van der Waals surface area contributed by atoms with Crippen molar-refractivity contribution in [1.29, 1.82) is 0 Å². The van der Waals surface area contributed by atoms with Crippen molar-refractivity contribution >= 4 is 11.6 Å². The molecule has 19 heavy (non-hydrogen) atoms. The van der Waals surface area contributed by atoms with Crippen LogP contribution in [0.5, 0.6) is 0 Å². The molecule has 2 atom stereocenters. The van der Waals surface area contributed by atoms with Crippen molar-refractivity contribution in [1.82, 2.24) is 15.1 Å². The van der Waals surface area contributed by atoms with Crippen molar-refractivity contribution in [3.8, 4) is 0 Å². The lowest BCUT2D eigenvalue weighted by atomic mass is 9.78. The highest BCUT2D eigenvalue weighted by atomic mass is 35.5. The molecule has 1 saturated carbocycles. The number of aryl methyl sites for hydroxylation is 2. The van der Waals surface area contributed by atoms with Gasteiger partial charge in [-0.05, 0) is 31.6 Å². The second kappa shape index (κ2) is 6.27. The Labute approximate surface area is 121 Å². The molecule has 1 aliphatic rings. The van der Waals surface area contributed by atoms with Crippen LogP contribution in [0.25, 0.3) is 0 Å². The largest absolute Gasteiger partial charge is 0.309 e. The van der Waals surface area contributed by atoms with Gasteiger partial charge in [0.2, 0.25) is 0 Å². The second-order valence-corrected chi connectivity index (χ2v) is 6.52. The Kier molecular flexibility index (Phi) is 4.91. The van der Waals surface area contributed by atoms with Gasteiger partial charge in [0.15, 0.2) is 0 Å². The summed E-state index contributed by atoms with van der Waals surface area (Å²) in [4.78, 5) is 0. The first-order valence-corrected chi connectivity index (χ1v) is 7.80. The fourth-order valence-corrected chi connectivity index (χ4v) is 3.56. The standard InChI is InChI=1S/C15H26ClN3/c1-10(2)12-7-5-6-8-14(12)17-9-13-11(3)18-19(4)15(13)16/h10,12,14,17H,5-9H2,1-4H3. The summed E-state index contributed by atoms with van der Waals surface area (Å²) in [5.74, 6) is 1.55. The molecule has 1 aromatic rings. The van der Waals surface area contributed by atoms with E-state index in [2.05, 4.69) is 24.3 Å². The van der Waals surface area contributed by atoms with Crippen LogP contribution >= 0.6 is 11.6 Å². The van der Waals surface area contributed by atoms with E-state index in [9.17, 15) is 0 Å². The molecule has 1 aliphatic carbocycles. The number of hydrogen-bond acceptors (Lipinski definition) is 2. The minimum Gasteiger partial charge on any atom is -0.309 e. The number of aromatic nitrogens is 2. The van der Waals surface area contributed by atoms with Crippen LogP contribution in [-0.4, -0.2) is 15.8 Å². The van der Waals surface area contributed by atoms with Crippen LogP contribution in [0.4, 0.5) is 0 Å². The average Bonchev–Trinajstić information content (AvgIpc) is 2.61. The molecule has 0 bridgehead atoms. The van der Waals surface area contributed by atoms with Crippen LogP contribution in [0, 0.1) is 18.8 Å². The lowest BCUT2D eigenvalue weighted by Crippen LogP contribution is -2.40. The van der Waals surface area contributed by atoms with Gasteiger partial charge < -0.3 is 5.32 Å². The van der Waals surface area contributed by atoms with Crippen LogP contribution in [0.3, 0.4) is 0 Å². The molecule has 0 aromatic carbocycles. The first kappa shape index (κ1) is 14.9. The average molecular weight is 284 g/mol. The van der Waals surface area contributed by atoms with Crippen LogP contribution in [-0.2, 0) is 13.6 Å². The van der Waals surface area contributed by atoms with Crippen LogP contribution in [0.2, 0.25) is 5.15 Å². The zero-order valence-corrected chi connectivity index (χ0v) is 13.3. The minimum absolute atomic E-state index is 0.629. The molecule has 1 aromatic heterocycles. The summed E-state index contributed by atoms with van der Waals surface area (Å²) in [6, 6.07) is 0.629. The van der Waals surface area contributed by atoms with E-state index in [1.807, 2.05) is 14.0 Å². The van der Waals surface area contributed by atoms with Gasteiger partial charge in [-0.1, -0.05) is 38.3 Å². The fraction of sp³-hybridized carbons (Fsp3) is 0.800. The summed E-state index contributed by atoms with van der Waals surface area (Å²) in [5.41, 5.74) is 2.19. The minimum atomic E-state index is 0.629. The summed E-state index contributed by atoms with van der Waals surface area (Å²) < 4.78 is 1.76. The van der Waals surface area contributed by atoms with Gasteiger partial charge in [-0.25, -0.2) is 0 Å². The summed E-state index contributed by atoms with van der Waals surface area (Å²) in [7, 11) is 1.90. The molecule has 0 saturated heterocycles. The maximum atomic E-state index is 6.29. The normalized spacial score (nSPS) is 24.1. The fourth-order valence-electron chi connectivity index (χ4n) is 3.32. The monoisotopic (exact) mass is 283 g/mol. The SMILES string of the molecule is Cc1nn(C)c(Cl)c1CNC1CCCCC1C(C)C. The van der Waals surface area contributed by atoms with Gasteiger partial charge in [-0.15, -0.1) is 0 Å². The van der Waals surface area contributed by atoms with Crippen molar-refractivity contribution in [2.75, 3.05) is 0 Å². The molecule has 3 nitrogen and oxygen atoms in total. The van der Waals surface area contributed by atoms with Gasteiger partial charge in [0.25, 0.3) is 0 Å². The molecule has 4 heteroatoms. The van der Waals surface area contributed by atoms with Gasteiger partial charge in [0.1, 0.15) is 5.15 Å². The van der Waals surface area contributed by atoms with Gasteiger partial charge in [0.05, 0.1) is 5.69 Å². The molecule has 1 N–H and O–H groups in total. The molecule has 1 fully saturated rings. The Morgan fingerprint density at radius 1 is 1.37 bits per heavy atom. The van der Waals surface area contributed by atoms with E-state index >= 15 is 0 Å². The van der Waals surface area contributed by atoms with Crippen molar-refractivity contribution in [3.05, 3.63) is 16.4 Å². The van der Waals surface area contributed by atoms with Crippen molar-refractivity contribution in [3.63, 3.8) is 0 Å². The van der Waals surface area contributed by atoms with Gasteiger partial charge >= 0.3 is 0 Å². The molecular weight excluding hydrogens is 258 g/mol. The molecule has 0 radical (unpaired) electrons. The second-order valence-electron chi connectivity index (χ2n) is 6.16. The zero-order chi connectivity index (χ0) is 14.0. The van der Waals surface area contributed by atoms with E-state index in [0.29, 0.717) is 6.04 Å². The summed E-state index contributed by atoms with van der Waals surface area (Å²) in [6.07, 6.45) is 5.38. The quantitative estimate of drug-likeness (QED) is 0.913. The van der Waals surface area contributed by atoms with E-state index in [1.165, 1.54) is 25.7 Å². The Morgan fingerprint density at radius 3 is 2.63 bits per heavy atom. The predicted octanol–water partition coefficient (Wildman–Crippen LogP) is 3.69. The summed E-state index contributed by atoms with van der Waals surface area (Å²) in [5, 5.41) is 8.87. The lowest BCUT2D eigenvalue weighted by Gasteiger charge is -2.35. The van der Waals surface area contributed by atoms with E-state index in [4.69, 9.17) is 11.6 Å². The first-order valence-electron chi connectivity index (χ1n) is 7.42. The summed E-state index contributed by atoms with van der Waals surface area (Å²) >= 11 is 6.29. The van der Waals surface area contributed by atoms with Gasteiger partial charge in [0, 0.05) is 25.2 Å². The number of halogens is 1. The molecule has 0 aliphatic heterocycles. The van der Waals surface area contributed by atoms with Crippen LogP contribution < -0.4 is 5.32 Å². The molecule has 108 valence electrons. The van der Waals surface area contributed by atoms with E-state index < -0.39 is 0 Å². The first-order chi connectivity index (χ1) is 9.00. The Balaban J connectivity index is 2.00. The third-order valence-electron chi connectivity index (χ3n) is 4.49. The smallest absolute Gasteiger partial charge is 0.131 e. The van der Waals surface area contributed by atoms with Gasteiger partial charge in [-0.2, -0.15) is 5.10 Å². The highest BCUT2D eigenvalue weighted by Crippen LogP contribution is 2.30. The third kappa shape index (κ3) is 3.32. The molecule has 0 amide bonds. The topological polar surface area (TPSA) is 29.9 Å². The highest BCUT2D eigenvalue weighted by molar-refractivity contribution is 6.30. The number of nitrogens with one attached hydrogen (secondary N) is 1. The van der Waals surface area contributed by atoms with E-state index in [0.717, 1.165) is 34.8 Å². The molecule has 2 rings (SSSR count). The number of hydrogen-bond donors (Lipinski definition) is 1. The molecule has 1 heterocycles. The lowest BCUT2D eigenvalue weighted by molar-refractivity contribution is 0.204. The van der Waals surface area contributed by atoms with Crippen molar-refractivity contribution < 1.29 is 0 Å². The highest BCUT2D eigenvalue weighted by Gasteiger charge is 2.27. The number of nitrogens with zero attached hydrogens (tertiary/aromatic N) is 2. The van der Waals surface area contributed by atoms with E-state index in [1.54, 1.807) is 4.68 Å². The zero-order valence-electron chi connectivity index (χ0n) is 12.5. The maximum Gasteiger partial charge on any atom is 0.131 e. The molecule has 0 spiro atoms. The Hall–Kier alpha value is -0.540. The molecule has 2 unspecified atom stereocenters. The van der Waals surface area contributed by atoms with Crippen LogP contribution in [0.15, 0.2) is 0 Å². The number of rotatable bonds is 4. The summed E-state index contributed by atoms with van der Waals surface area (Å²) in [6.45, 7) is 7.55.